The van der Waals surface area contributed by atoms with E-state index < -0.39 is 0 Å². The van der Waals surface area contributed by atoms with Crippen LogP contribution in [0, 0.1) is 5.92 Å². The fourth-order valence-corrected chi connectivity index (χ4v) is 5.31. The van der Waals surface area contributed by atoms with Crippen molar-refractivity contribution in [3.8, 4) is 0 Å². The van der Waals surface area contributed by atoms with Gasteiger partial charge in [0.2, 0.25) is 11.8 Å². The average Bonchev–Trinajstić information content (AvgIpc) is 3.05. The monoisotopic (exact) mass is 407 g/mol. The zero-order valence-corrected chi connectivity index (χ0v) is 17.4. The van der Waals surface area contributed by atoms with Gasteiger partial charge in [-0.25, -0.2) is 4.79 Å². The van der Waals surface area contributed by atoms with Crippen molar-refractivity contribution in [2.75, 3.05) is 25.0 Å². The first-order valence-corrected chi connectivity index (χ1v) is 10.9. The van der Waals surface area contributed by atoms with Crippen molar-refractivity contribution >= 4 is 34.1 Å². The molecule has 1 saturated heterocycles. The molecule has 2 heterocycles. The number of nitrogens with one attached hydrogen (secondary N) is 1. The van der Waals surface area contributed by atoms with E-state index in [0.717, 1.165) is 31.2 Å². The fraction of sp³-hybridized carbons (Fsp3) is 0.650. The Morgan fingerprint density at radius 2 is 1.93 bits per heavy atom. The van der Waals surface area contributed by atoms with Crippen LogP contribution in [0.15, 0.2) is 0 Å². The molecule has 3 rings (SSSR count). The molecule has 0 spiro atoms. The number of piperidine rings is 1. The number of aryl methyl sites for hydroxylation is 1. The van der Waals surface area contributed by atoms with E-state index in [1.165, 1.54) is 16.2 Å². The normalized spacial score (nSPS) is 18.9. The van der Waals surface area contributed by atoms with Crippen molar-refractivity contribution in [3.63, 3.8) is 0 Å². The van der Waals surface area contributed by atoms with Crippen molar-refractivity contribution in [2.45, 2.75) is 58.4 Å². The van der Waals surface area contributed by atoms with E-state index in [9.17, 15) is 14.4 Å². The highest BCUT2D eigenvalue weighted by Gasteiger charge is 2.31. The quantitative estimate of drug-likeness (QED) is 0.705. The SMILES string of the molecule is CCOC(=O)c1c(NC(=O)[C@H](C)N2CCC(C(N)=O)CC2)sc2c1CCCC2. The number of thiophene rings is 1. The second kappa shape index (κ2) is 9.05. The molecule has 0 radical (unpaired) electrons. The van der Waals surface area contributed by atoms with E-state index in [0.29, 0.717) is 43.1 Å². The van der Waals surface area contributed by atoms with Gasteiger partial charge in [-0.1, -0.05) is 0 Å². The predicted octanol–water partition coefficient (Wildman–Crippen LogP) is 2.33. The lowest BCUT2D eigenvalue weighted by atomic mass is 9.95. The van der Waals surface area contributed by atoms with Crippen LogP contribution in [-0.4, -0.2) is 48.4 Å². The molecule has 0 saturated carbocycles. The number of carbonyl (C=O) groups is 3. The summed E-state index contributed by atoms with van der Waals surface area (Å²) in [5.41, 5.74) is 6.97. The first-order chi connectivity index (χ1) is 13.4. The Kier molecular flexibility index (Phi) is 6.72. The Morgan fingerprint density at radius 3 is 2.57 bits per heavy atom. The highest BCUT2D eigenvalue weighted by Crippen LogP contribution is 2.38. The van der Waals surface area contributed by atoms with Crippen molar-refractivity contribution < 1.29 is 19.1 Å². The van der Waals surface area contributed by atoms with E-state index >= 15 is 0 Å². The largest absolute Gasteiger partial charge is 0.462 e. The first kappa shape index (κ1) is 20.8. The molecule has 1 fully saturated rings. The van der Waals surface area contributed by atoms with Crippen LogP contribution < -0.4 is 11.1 Å². The van der Waals surface area contributed by atoms with Gasteiger partial charge in [0.1, 0.15) is 5.00 Å². The molecule has 3 N–H and O–H groups in total. The molecule has 154 valence electrons. The van der Waals surface area contributed by atoms with Crippen LogP contribution in [0.5, 0.6) is 0 Å². The maximum Gasteiger partial charge on any atom is 0.341 e. The molecule has 2 aliphatic rings. The van der Waals surface area contributed by atoms with Gasteiger partial charge >= 0.3 is 5.97 Å². The third kappa shape index (κ3) is 4.38. The van der Waals surface area contributed by atoms with Gasteiger partial charge in [0.05, 0.1) is 18.2 Å². The number of fused-ring (bicyclic) bond motifs is 1. The van der Waals surface area contributed by atoms with Gasteiger partial charge in [0.25, 0.3) is 0 Å². The molecule has 0 aromatic carbocycles. The summed E-state index contributed by atoms with van der Waals surface area (Å²) < 4.78 is 5.25. The highest BCUT2D eigenvalue weighted by molar-refractivity contribution is 7.17. The zero-order chi connectivity index (χ0) is 20.3. The smallest absolute Gasteiger partial charge is 0.341 e. The number of esters is 1. The third-order valence-electron chi connectivity index (χ3n) is 5.75. The minimum Gasteiger partial charge on any atom is -0.462 e. The van der Waals surface area contributed by atoms with Crippen LogP contribution in [0.3, 0.4) is 0 Å². The molecule has 7 nitrogen and oxygen atoms in total. The molecular weight excluding hydrogens is 378 g/mol. The predicted molar refractivity (Wildman–Crippen MR) is 109 cm³/mol. The number of amides is 2. The molecule has 1 aliphatic heterocycles. The molecule has 1 aromatic heterocycles. The second-order valence-corrected chi connectivity index (χ2v) is 8.62. The number of nitrogens with zero attached hydrogens (tertiary/aromatic N) is 1. The number of hydrogen-bond acceptors (Lipinski definition) is 6. The van der Waals surface area contributed by atoms with Crippen LogP contribution in [0.1, 0.15) is 60.3 Å². The molecule has 2 amide bonds. The second-order valence-electron chi connectivity index (χ2n) is 7.51. The van der Waals surface area contributed by atoms with Gasteiger partial charge in [-0.2, -0.15) is 0 Å². The number of ether oxygens (including phenoxy) is 1. The van der Waals surface area contributed by atoms with E-state index in [4.69, 9.17) is 10.5 Å². The topological polar surface area (TPSA) is 102 Å². The van der Waals surface area contributed by atoms with E-state index in [1.807, 2.05) is 6.92 Å². The summed E-state index contributed by atoms with van der Waals surface area (Å²) in [5, 5.41) is 3.59. The molecule has 1 atom stereocenters. The van der Waals surface area contributed by atoms with Crippen LogP contribution in [0.4, 0.5) is 5.00 Å². The molecule has 28 heavy (non-hydrogen) atoms. The summed E-state index contributed by atoms with van der Waals surface area (Å²) in [7, 11) is 0. The maximum atomic E-state index is 12.9. The number of primary amides is 1. The molecular formula is C20H29N3O4S. The number of likely N-dealkylation sites (tertiary alicyclic amines) is 1. The maximum absolute atomic E-state index is 12.9. The van der Waals surface area contributed by atoms with Gasteiger partial charge in [0.15, 0.2) is 0 Å². The molecule has 1 aliphatic carbocycles. The Morgan fingerprint density at radius 1 is 1.25 bits per heavy atom. The summed E-state index contributed by atoms with van der Waals surface area (Å²) in [5.74, 6) is -0.861. The summed E-state index contributed by atoms with van der Waals surface area (Å²) >= 11 is 1.50. The number of carbonyl (C=O) groups excluding carboxylic acids is 3. The van der Waals surface area contributed by atoms with E-state index in [2.05, 4.69) is 10.2 Å². The standard InChI is InChI=1S/C20H29N3O4S/c1-3-27-20(26)16-14-6-4-5-7-15(14)28-19(16)22-18(25)12(2)23-10-8-13(9-11-23)17(21)24/h12-13H,3-11H2,1-2H3,(H2,21,24)(H,22,25)/t12-/m0/s1. The van der Waals surface area contributed by atoms with Crippen molar-refractivity contribution in [2.24, 2.45) is 11.7 Å². The Hall–Kier alpha value is -1.93. The van der Waals surface area contributed by atoms with Crippen LogP contribution in [0.25, 0.3) is 0 Å². The number of anilines is 1. The molecule has 0 unspecified atom stereocenters. The lowest BCUT2D eigenvalue weighted by Gasteiger charge is -2.34. The summed E-state index contributed by atoms with van der Waals surface area (Å²) in [6.07, 6.45) is 5.30. The highest BCUT2D eigenvalue weighted by atomic mass is 32.1. The van der Waals surface area contributed by atoms with Gasteiger partial charge in [-0.3, -0.25) is 14.5 Å². The molecule has 8 heteroatoms. The molecule has 1 aromatic rings. The number of hydrogen-bond donors (Lipinski definition) is 2. The van der Waals surface area contributed by atoms with E-state index in [1.54, 1.807) is 6.92 Å². The van der Waals surface area contributed by atoms with Crippen molar-refractivity contribution in [1.82, 2.24) is 4.90 Å². The molecule has 0 bridgehead atoms. The van der Waals surface area contributed by atoms with Gasteiger partial charge in [0, 0.05) is 10.8 Å². The van der Waals surface area contributed by atoms with Gasteiger partial charge in [-0.05, 0) is 71.0 Å². The Bertz CT molecular complexity index is 753. The lowest BCUT2D eigenvalue weighted by molar-refractivity contribution is -0.124. The Balaban J connectivity index is 1.72. The summed E-state index contributed by atoms with van der Waals surface area (Å²) in [6.45, 7) is 5.27. The minimum absolute atomic E-state index is 0.106. The zero-order valence-electron chi connectivity index (χ0n) is 16.6. The summed E-state index contributed by atoms with van der Waals surface area (Å²) in [6, 6.07) is -0.344. The first-order valence-electron chi connectivity index (χ1n) is 10.1. The number of rotatable bonds is 6. The van der Waals surface area contributed by atoms with Crippen LogP contribution >= 0.6 is 11.3 Å². The Labute approximate surface area is 169 Å². The fourth-order valence-electron chi connectivity index (χ4n) is 4.03. The van der Waals surface area contributed by atoms with Crippen molar-refractivity contribution in [1.29, 1.82) is 0 Å². The lowest BCUT2D eigenvalue weighted by Crippen LogP contribution is -2.47. The van der Waals surface area contributed by atoms with Crippen molar-refractivity contribution in [3.05, 3.63) is 16.0 Å². The van der Waals surface area contributed by atoms with Crippen LogP contribution in [-0.2, 0) is 27.2 Å². The summed E-state index contributed by atoms with van der Waals surface area (Å²) in [4.78, 5) is 40.0. The average molecular weight is 408 g/mol. The minimum atomic E-state index is -0.355. The van der Waals surface area contributed by atoms with E-state index in [-0.39, 0.29) is 29.7 Å². The van der Waals surface area contributed by atoms with Gasteiger partial charge in [-0.15, -0.1) is 11.3 Å². The van der Waals surface area contributed by atoms with Crippen LogP contribution in [0.2, 0.25) is 0 Å². The van der Waals surface area contributed by atoms with Gasteiger partial charge < -0.3 is 15.8 Å². The third-order valence-corrected chi connectivity index (χ3v) is 6.95. The number of nitrogens with two attached hydrogens (primary N) is 1.